The van der Waals surface area contributed by atoms with Gasteiger partial charge in [-0.2, -0.15) is 13.2 Å². The van der Waals surface area contributed by atoms with E-state index in [4.69, 9.17) is 4.74 Å². The highest BCUT2D eigenvalue weighted by molar-refractivity contribution is 5.80. The van der Waals surface area contributed by atoms with E-state index >= 15 is 0 Å². The minimum Gasteiger partial charge on any atom is -0.468 e. The summed E-state index contributed by atoms with van der Waals surface area (Å²) in [5, 5.41) is 3.15. The summed E-state index contributed by atoms with van der Waals surface area (Å²) in [6.07, 6.45) is -4.97. The molecule has 0 spiro atoms. The van der Waals surface area contributed by atoms with Crippen molar-refractivity contribution < 1.29 is 22.7 Å². The lowest BCUT2D eigenvalue weighted by Crippen LogP contribution is -2.59. The number of ether oxygens (including phenoxy) is 1. The second-order valence-electron chi connectivity index (χ2n) is 4.97. The topological polar surface area (TPSA) is 41.6 Å². The molecule has 1 saturated heterocycles. The summed E-state index contributed by atoms with van der Waals surface area (Å²) in [7, 11) is 1.27. The molecule has 0 aliphatic carbocycles. The van der Waals surface area contributed by atoms with Crippen molar-refractivity contribution in [3.05, 3.63) is 0 Å². The molecular formula is C12H21F3N2O2. The smallest absolute Gasteiger partial charge is 0.389 e. The van der Waals surface area contributed by atoms with Gasteiger partial charge in [0.15, 0.2) is 0 Å². The second kappa shape index (κ2) is 6.56. The zero-order valence-corrected chi connectivity index (χ0v) is 11.3. The number of methoxy groups -OCH3 is 1. The molecule has 1 heterocycles. The molecule has 0 aromatic rings. The van der Waals surface area contributed by atoms with Crippen molar-refractivity contribution in [1.82, 2.24) is 10.2 Å². The molecule has 1 N–H and O–H groups in total. The minimum atomic E-state index is -4.18. The third-order valence-electron chi connectivity index (χ3n) is 3.56. The highest BCUT2D eigenvalue weighted by atomic mass is 19.4. The Morgan fingerprint density at radius 1 is 1.26 bits per heavy atom. The van der Waals surface area contributed by atoms with Crippen LogP contribution in [0.5, 0.6) is 0 Å². The predicted molar refractivity (Wildman–Crippen MR) is 64.8 cm³/mol. The van der Waals surface area contributed by atoms with Crippen LogP contribution in [0.1, 0.15) is 26.2 Å². The van der Waals surface area contributed by atoms with E-state index in [0.29, 0.717) is 13.1 Å². The maximum absolute atomic E-state index is 12.2. The number of halogens is 3. The Kier molecular flexibility index (Phi) is 5.61. The van der Waals surface area contributed by atoms with Gasteiger partial charge in [0.25, 0.3) is 0 Å². The van der Waals surface area contributed by atoms with Crippen LogP contribution in [0, 0.1) is 0 Å². The zero-order valence-electron chi connectivity index (χ0n) is 11.3. The predicted octanol–water partition coefficient (Wildman–Crippen LogP) is 1.56. The number of rotatable bonds is 5. The van der Waals surface area contributed by atoms with E-state index in [9.17, 15) is 18.0 Å². The van der Waals surface area contributed by atoms with Crippen LogP contribution in [-0.2, 0) is 9.53 Å². The number of carbonyl (C=O) groups is 1. The van der Waals surface area contributed by atoms with E-state index in [2.05, 4.69) is 5.32 Å². The average Bonchev–Trinajstić information content (AvgIpc) is 2.37. The molecule has 1 unspecified atom stereocenters. The molecule has 0 amide bonds. The summed E-state index contributed by atoms with van der Waals surface area (Å²) in [4.78, 5) is 13.8. The van der Waals surface area contributed by atoms with Crippen molar-refractivity contribution in [2.75, 3.05) is 33.3 Å². The van der Waals surface area contributed by atoms with Gasteiger partial charge in [0.1, 0.15) is 5.54 Å². The first-order chi connectivity index (χ1) is 8.79. The first-order valence-corrected chi connectivity index (χ1v) is 6.40. The lowest BCUT2D eigenvalue weighted by atomic mass is 9.91. The van der Waals surface area contributed by atoms with E-state index in [1.54, 1.807) is 6.92 Å². The Morgan fingerprint density at radius 2 is 1.84 bits per heavy atom. The van der Waals surface area contributed by atoms with Gasteiger partial charge in [0, 0.05) is 32.6 Å². The SMILES string of the molecule is COC(=O)C(C)(CCCC(F)(F)F)N1CCNCC1. The van der Waals surface area contributed by atoms with Crippen LogP contribution in [0.25, 0.3) is 0 Å². The molecule has 1 fully saturated rings. The first kappa shape index (κ1) is 16.2. The molecule has 112 valence electrons. The molecular weight excluding hydrogens is 261 g/mol. The van der Waals surface area contributed by atoms with E-state index in [1.807, 2.05) is 4.90 Å². The van der Waals surface area contributed by atoms with Gasteiger partial charge < -0.3 is 10.1 Å². The fourth-order valence-corrected chi connectivity index (χ4v) is 2.40. The van der Waals surface area contributed by atoms with Crippen LogP contribution in [0.15, 0.2) is 0 Å². The maximum Gasteiger partial charge on any atom is 0.389 e. The molecule has 7 heteroatoms. The fourth-order valence-electron chi connectivity index (χ4n) is 2.40. The van der Waals surface area contributed by atoms with Gasteiger partial charge in [-0.05, 0) is 19.8 Å². The average molecular weight is 282 g/mol. The monoisotopic (exact) mass is 282 g/mol. The van der Waals surface area contributed by atoms with Gasteiger partial charge in [-0.1, -0.05) is 0 Å². The summed E-state index contributed by atoms with van der Waals surface area (Å²) in [5.41, 5.74) is -0.970. The highest BCUT2D eigenvalue weighted by Gasteiger charge is 2.41. The zero-order chi connectivity index (χ0) is 14.5. The Hall–Kier alpha value is -0.820. The molecule has 0 aromatic heterocycles. The number of hydrogen-bond donors (Lipinski definition) is 1. The summed E-state index contributed by atoms with van der Waals surface area (Å²) in [6.45, 7) is 4.40. The Balaban J connectivity index is 2.66. The number of alkyl halides is 3. The molecule has 1 rings (SSSR count). The number of nitrogens with one attached hydrogen (secondary N) is 1. The number of carbonyl (C=O) groups excluding carboxylic acids is 1. The Labute approximate surface area is 111 Å². The molecule has 0 saturated carbocycles. The molecule has 1 aliphatic rings. The number of hydrogen-bond acceptors (Lipinski definition) is 4. The lowest BCUT2D eigenvalue weighted by Gasteiger charge is -2.41. The normalized spacial score (nSPS) is 20.9. The summed E-state index contributed by atoms with van der Waals surface area (Å²) in [5.74, 6) is -0.462. The van der Waals surface area contributed by atoms with Crippen LogP contribution >= 0.6 is 0 Å². The van der Waals surface area contributed by atoms with Gasteiger partial charge in [-0.25, -0.2) is 0 Å². The van der Waals surface area contributed by atoms with Crippen molar-refractivity contribution in [1.29, 1.82) is 0 Å². The van der Waals surface area contributed by atoms with Crippen molar-refractivity contribution in [2.45, 2.75) is 37.9 Å². The highest BCUT2D eigenvalue weighted by Crippen LogP contribution is 2.29. The van der Waals surface area contributed by atoms with E-state index in [1.165, 1.54) is 7.11 Å². The molecule has 0 radical (unpaired) electrons. The molecule has 1 atom stereocenters. The Morgan fingerprint density at radius 3 is 2.32 bits per heavy atom. The molecule has 0 aromatic carbocycles. The molecule has 1 aliphatic heterocycles. The van der Waals surface area contributed by atoms with Gasteiger partial charge in [-0.15, -0.1) is 0 Å². The third-order valence-corrected chi connectivity index (χ3v) is 3.56. The van der Waals surface area contributed by atoms with Crippen molar-refractivity contribution in [3.63, 3.8) is 0 Å². The third kappa shape index (κ3) is 4.65. The van der Waals surface area contributed by atoms with E-state index in [0.717, 1.165) is 13.1 Å². The molecule has 0 bridgehead atoms. The number of esters is 1. The summed E-state index contributed by atoms with van der Waals surface area (Å²) < 4.78 is 41.4. The lowest BCUT2D eigenvalue weighted by molar-refractivity contribution is -0.158. The van der Waals surface area contributed by atoms with E-state index < -0.39 is 24.1 Å². The minimum absolute atomic E-state index is 0.0704. The second-order valence-corrected chi connectivity index (χ2v) is 4.97. The fraction of sp³-hybridized carbons (Fsp3) is 0.917. The van der Waals surface area contributed by atoms with Gasteiger partial charge in [0.2, 0.25) is 0 Å². The number of nitrogens with zero attached hydrogens (tertiary/aromatic N) is 1. The summed E-state index contributed by atoms with van der Waals surface area (Å²) in [6, 6.07) is 0. The first-order valence-electron chi connectivity index (χ1n) is 6.40. The van der Waals surface area contributed by atoms with Crippen LogP contribution in [0.2, 0.25) is 0 Å². The quantitative estimate of drug-likeness (QED) is 0.777. The van der Waals surface area contributed by atoms with Gasteiger partial charge in [-0.3, -0.25) is 9.69 Å². The number of piperazine rings is 1. The molecule has 19 heavy (non-hydrogen) atoms. The van der Waals surface area contributed by atoms with Crippen LogP contribution < -0.4 is 5.32 Å². The van der Waals surface area contributed by atoms with Crippen molar-refractivity contribution in [3.8, 4) is 0 Å². The van der Waals surface area contributed by atoms with Crippen LogP contribution in [-0.4, -0.2) is 55.9 Å². The van der Waals surface area contributed by atoms with Crippen molar-refractivity contribution >= 4 is 5.97 Å². The maximum atomic E-state index is 12.2. The largest absolute Gasteiger partial charge is 0.468 e. The summed E-state index contributed by atoms with van der Waals surface area (Å²) >= 11 is 0. The Bertz CT molecular complexity index is 304. The van der Waals surface area contributed by atoms with Gasteiger partial charge in [0.05, 0.1) is 7.11 Å². The standard InChI is InChI=1S/C12H21F3N2O2/c1-11(10(18)19-2,4-3-5-12(13,14)15)17-8-6-16-7-9-17/h16H,3-9H2,1-2H3. The van der Waals surface area contributed by atoms with Gasteiger partial charge >= 0.3 is 12.1 Å². The van der Waals surface area contributed by atoms with E-state index in [-0.39, 0.29) is 12.8 Å². The van der Waals surface area contributed by atoms with Crippen molar-refractivity contribution in [2.24, 2.45) is 0 Å². The van der Waals surface area contributed by atoms with Crippen LogP contribution in [0.3, 0.4) is 0 Å². The molecule has 4 nitrogen and oxygen atoms in total. The van der Waals surface area contributed by atoms with Crippen LogP contribution in [0.4, 0.5) is 13.2 Å².